The molecule has 0 aliphatic carbocycles. The van der Waals surface area contributed by atoms with Gasteiger partial charge in [-0.2, -0.15) is 4.98 Å². The average Bonchev–Trinajstić information content (AvgIpc) is 2.99. The molecule has 1 saturated heterocycles. The molecule has 1 aliphatic heterocycles. The lowest BCUT2D eigenvalue weighted by atomic mass is 10.0. The van der Waals surface area contributed by atoms with E-state index >= 15 is 0 Å². The van der Waals surface area contributed by atoms with E-state index in [1.54, 1.807) is 0 Å². The van der Waals surface area contributed by atoms with Gasteiger partial charge in [-0.25, -0.2) is 4.98 Å². The molecule has 1 aromatic rings. The molecular weight excluding hydrogens is 260 g/mol. The first-order chi connectivity index (χ1) is 10.2. The van der Waals surface area contributed by atoms with Crippen molar-refractivity contribution in [1.82, 2.24) is 9.97 Å². The number of hydrogen-bond acceptors (Lipinski definition) is 4. The van der Waals surface area contributed by atoms with Crippen LogP contribution in [-0.2, 0) is 6.42 Å². The first-order valence-corrected chi connectivity index (χ1v) is 8.60. The fourth-order valence-corrected chi connectivity index (χ4v) is 3.05. The molecule has 0 atom stereocenters. The second kappa shape index (κ2) is 8.20. The van der Waals surface area contributed by atoms with E-state index in [2.05, 4.69) is 28.7 Å². The Labute approximate surface area is 129 Å². The number of aromatic nitrogens is 2. The van der Waals surface area contributed by atoms with Gasteiger partial charge in [0.1, 0.15) is 5.82 Å². The van der Waals surface area contributed by atoms with Crippen molar-refractivity contribution in [3.8, 4) is 0 Å². The smallest absolute Gasteiger partial charge is 0.227 e. The number of nitrogens with two attached hydrogens (primary N) is 1. The maximum Gasteiger partial charge on any atom is 0.227 e. The van der Waals surface area contributed by atoms with Crippen LogP contribution >= 0.6 is 0 Å². The highest BCUT2D eigenvalue weighted by atomic mass is 15.3. The van der Waals surface area contributed by atoms with E-state index < -0.39 is 0 Å². The van der Waals surface area contributed by atoms with E-state index in [1.165, 1.54) is 51.4 Å². The molecule has 118 valence electrons. The summed E-state index contributed by atoms with van der Waals surface area (Å²) in [6, 6.07) is 0. The highest BCUT2D eigenvalue weighted by Crippen LogP contribution is 2.22. The largest absolute Gasteiger partial charge is 0.383 e. The van der Waals surface area contributed by atoms with Gasteiger partial charge in [-0.1, -0.05) is 39.0 Å². The van der Waals surface area contributed by atoms with Gasteiger partial charge in [-0.15, -0.1) is 0 Å². The molecule has 0 aromatic carbocycles. The van der Waals surface area contributed by atoms with Gasteiger partial charge < -0.3 is 10.6 Å². The number of hydrogen-bond donors (Lipinski definition) is 1. The standard InChI is InChI=1S/C17H30N4/c1-3-4-5-6-7-8-11-15-14(2)19-17(20-16(15)18)21-12-9-10-13-21/h3-13H2,1-2H3,(H2,18,19,20). The van der Waals surface area contributed by atoms with Crippen molar-refractivity contribution in [2.24, 2.45) is 0 Å². The van der Waals surface area contributed by atoms with Gasteiger partial charge in [-0.05, 0) is 32.6 Å². The Balaban J connectivity index is 1.88. The molecule has 0 amide bonds. The predicted octanol–water partition coefficient (Wildman–Crippen LogP) is 3.87. The third-order valence-electron chi connectivity index (χ3n) is 4.40. The van der Waals surface area contributed by atoms with Gasteiger partial charge >= 0.3 is 0 Å². The third-order valence-corrected chi connectivity index (χ3v) is 4.40. The zero-order valence-corrected chi connectivity index (χ0v) is 13.7. The summed E-state index contributed by atoms with van der Waals surface area (Å²) in [6.07, 6.45) is 11.3. The Kier molecular flexibility index (Phi) is 6.27. The lowest BCUT2D eigenvalue weighted by Gasteiger charge is -2.18. The maximum atomic E-state index is 6.17. The Morgan fingerprint density at radius 1 is 1.00 bits per heavy atom. The van der Waals surface area contributed by atoms with Gasteiger partial charge in [0.2, 0.25) is 5.95 Å². The van der Waals surface area contributed by atoms with E-state index in [9.17, 15) is 0 Å². The number of nitrogens with zero attached hydrogens (tertiary/aromatic N) is 3. The van der Waals surface area contributed by atoms with Crippen LogP contribution in [0.15, 0.2) is 0 Å². The summed E-state index contributed by atoms with van der Waals surface area (Å²) < 4.78 is 0. The summed E-state index contributed by atoms with van der Waals surface area (Å²) in [5.74, 6) is 1.52. The van der Waals surface area contributed by atoms with Crippen LogP contribution in [0.5, 0.6) is 0 Å². The number of unbranched alkanes of at least 4 members (excludes halogenated alkanes) is 5. The molecule has 0 bridgehead atoms. The van der Waals surface area contributed by atoms with Gasteiger partial charge in [0.15, 0.2) is 0 Å². The Bertz CT molecular complexity index is 415. The molecule has 2 N–H and O–H groups in total. The molecule has 4 nitrogen and oxygen atoms in total. The summed E-state index contributed by atoms with van der Waals surface area (Å²) in [5.41, 5.74) is 8.40. The van der Waals surface area contributed by atoms with Crippen molar-refractivity contribution in [1.29, 1.82) is 0 Å². The van der Waals surface area contributed by atoms with Crippen LogP contribution < -0.4 is 10.6 Å². The topological polar surface area (TPSA) is 55.0 Å². The van der Waals surface area contributed by atoms with E-state index in [-0.39, 0.29) is 0 Å². The minimum atomic E-state index is 0.693. The van der Waals surface area contributed by atoms with E-state index in [0.29, 0.717) is 5.82 Å². The normalized spacial score (nSPS) is 14.9. The van der Waals surface area contributed by atoms with Crippen LogP contribution in [0.3, 0.4) is 0 Å². The van der Waals surface area contributed by atoms with E-state index in [0.717, 1.165) is 36.7 Å². The summed E-state index contributed by atoms with van der Waals surface area (Å²) in [4.78, 5) is 11.5. The summed E-state index contributed by atoms with van der Waals surface area (Å²) in [5, 5.41) is 0. The van der Waals surface area contributed by atoms with E-state index in [1.807, 2.05) is 0 Å². The number of rotatable bonds is 8. The summed E-state index contributed by atoms with van der Waals surface area (Å²) in [7, 11) is 0. The lowest BCUT2D eigenvalue weighted by Crippen LogP contribution is -2.22. The number of nitrogen functional groups attached to an aromatic ring is 1. The van der Waals surface area contributed by atoms with Crippen LogP contribution in [0.2, 0.25) is 0 Å². The molecule has 21 heavy (non-hydrogen) atoms. The van der Waals surface area contributed by atoms with Crippen LogP contribution in [-0.4, -0.2) is 23.1 Å². The molecule has 1 aromatic heterocycles. The van der Waals surface area contributed by atoms with Crippen molar-refractivity contribution in [2.45, 2.75) is 71.6 Å². The fourth-order valence-electron chi connectivity index (χ4n) is 3.05. The minimum absolute atomic E-state index is 0.693. The summed E-state index contributed by atoms with van der Waals surface area (Å²) in [6.45, 7) is 6.46. The van der Waals surface area contributed by atoms with Gasteiger partial charge in [0, 0.05) is 24.3 Å². The lowest BCUT2D eigenvalue weighted by molar-refractivity contribution is 0.606. The molecular formula is C17H30N4. The molecule has 4 heteroatoms. The van der Waals surface area contributed by atoms with Crippen LogP contribution in [0.25, 0.3) is 0 Å². The van der Waals surface area contributed by atoms with Crippen molar-refractivity contribution >= 4 is 11.8 Å². The molecule has 2 heterocycles. The van der Waals surface area contributed by atoms with Crippen molar-refractivity contribution in [2.75, 3.05) is 23.7 Å². The van der Waals surface area contributed by atoms with Gasteiger partial charge in [0.05, 0.1) is 0 Å². The van der Waals surface area contributed by atoms with Crippen LogP contribution in [0.4, 0.5) is 11.8 Å². The highest BCUT2D eigenvalue weighted by molar-refractivity contribution is 5.48. The molecule has 0 unspecified atom stereocenters. The quantitative estimate of drug-likeness (QED) is 0.738. The average molecular weight is 290 g/mol. The zero-order valence-electron chi connectivity index (χ0n) is 13.7. The SMILES string of the molecule is CCCCCCCCc1c(C)nc(N2CCCC2)nc1N. The predicted molar refractivity (Wildman–Crippen MR) is 89.7 cm³/mol. The van der Waals surface area contributed by atoms with Crippen molar-refractivity contribution in [3.05, 3.63) is 11.3 Å². The van der Waals surface area contributed by atoms with Gasteiger partial charge in [-0.3, -0.25) is 0 Å². The highest BCUT2D eigenvalue weighted by Gasteiger charge is 2.17. The van der Waals surface area contributed by atoms with E-state index in [4.69, 9.17) is 5.73 Å². The monoisotopic (exact) mass is 290 g/mol. The first-order valence-electron chi connectivity index (χ1n) is 8.60. The fraction of sp³-hybridized carbons (Fsp3) is 0.765. The molecule has 0 radical (unpaired) electrons. The molecule has 0 spiro atoms. The Morgan fingerprint density at radius 2 is 1.67 bits per heavy atom. The molecule has 0 saturated carbocycles. The van der Waals surface area contributed by atoms with Crippen molar-refractivity contribution < 1.29 is 0 Å². The second-order valence-corrected chi connectivity index (χ2v) is 6.18. The Morgan fingerprint density at radius 3 is 2.33 bits per heavy atom. The number of anilines is 2. The third kappa shape index (κ3) is 4.58. The maximum absolute atomic E-state index is 6.17. The minimum Gasteiger partial charge on any atom is -0.383 e. The molecule has 1 fully saturated rings. The second-order valence-electron chi connectivity index (χ2n) is 6.18. The molecule has 1 aliphatic rings. The summed E-state index contributed by atoms with van der Waals surface area (Å²) >= 11 is 0. The van der Waals surface area contributed by atoms with Crippen LogP contribution in [0, 0.1) is 6.92 Å². The van der Waals surface area contributed by atoms with Gasteiger partial charge in [0.25, 0.3) is 0 Å². The Hall–Kier alpha value is -1.32. The first kappa shape index (κ1) is 16.1. The van der Waals surface area contributed by atoms with Crippen molar-refractivity contribution in [3.63, 3.8) is 0 Å². The molecule has 2 rings (SSSR count). The number of aryl methyl sites for hydroxylation is 1. The zero-order chi connectivity index (χ0) is 15.1. The van der Waals surface area contributed by atoms with Crippen LogP contribution in [0.1, 0.15) is 69.5 Å².